The molecule has 0 aromatic rings. The Hall–Kier alpha value is -0.920. The third-order valence-electron chi connectivity index (χ3n) is 6.17. The van der Waals surface area contributed by atoms with E-state index < -0.39 is 15.9 Å². The van der Waals surface area contributed by atoms with Crippen molar-refractivity contribution in [1.29, 1.82) is 0 Å². The van der Waals surface area contributed by atoms with Crippen LogP contribution in [-0.2, 0) is 24.3 Å². The second kappa shape index (κ2) is 13.5. The number of carbonyl (C=O) groups is 1. The standard InChI is InChI=1S/C23H41NO5S/c1-3-5-10-16-28-17-15-20-19(21-13-14-22(20)29-21)11-8-6-7-9-12-23(25)24-30(26,27)18-4-2/h6,8,19-22H,3-5,7,9-18H2,1-2H3,(H,24,25)/b8-6-/t19-,20+,21-,22+/m0/s1. The van der Waals surface area contributed by atoms with Crippen molar-refractivity contribution in [1.82, 2.24) is 4.72 Å². The van der Waals surface area contributed by atoms with E-state index >= 15 is 0 Å². The molecule has 1 N–H and O–H groups in total. The van der Waals surface area contributed by atoms with Crippen molar-refractivity contribution in [2.45, 2.75) is 96.7 Å². The van der Waals surface area contributed by atoms with E-state index in [4.69, 9.17) is 9.47 Å². The van der Waals surface area contributed by atoms with E-state index in [1.165, 1.54) is 25.7 Å². The Labute approximate surface area is 183 Å². The lowest BCUT2D eigenvalue weighted by molar-refractivity contribution is -0.119. The summed E-state index contributed by atoms with van der Waals surface area (Å²) in [6, 6.07) is 0. The molecular weight excluding hydrogens is 402 g/mol. The van der Waals surface area contributed by atoms with Gasteiger partial charge in [0, 0.05) is 19.6 Å². The molecule has 6 nitrogen and oxygen atoms in total. The summed E-state index contributed by atoms with van der Waals surface area (Å²) in [5, 5.41) is 0. The average Bonchev–Trinajstić information content (AvgIpc) is 3.28. The molecule has 2 fully saturated rings. The summed E-state index contributed by atoms with van der Waals surface area (Å²) >= 11 is 0. The normalized spacial score (nSPS) is 25.9. The maximum Gasteiger partial charge on any atom is 0.234 e. The maximum atomic E-state index is 11.7. The molecule has 0 saturated carbocycles. The molecule has 1 amide bonds. The highest BCUT2D eigenvalue weighted by Gasteiger charge is 2.47. The molecule has 0 aromatic carbocycles. The van der Waals surface area contributed by atoms with Gasteiger partial charge in [-0.15, -0.1) is 0 Å². The van der Waals surface area contributed by atoms with Crippen molar-refractivity contribution in [3.63, 3.8) is 0 Å². The molecule has 4 atom stereocenters. The quantitative estimate of drug-likeness (QED) is 0.283. The maximum absolute atomic E-state index is 11.7. The topological polar surface area (TPSA) is 81.7 Å². The van der Waals surface area contributed by atoms with Crippen molar-refractivity contribution >= 4 is 15.9 Å². The molecule has 7 heteroatoms. The number of unbranched alkanes of at least 4 members (excludes halogenated alkanes) is 3. The number of hydrogen-bond acceptors (Lipinski definition) is 5. The minimum absolute atomic E-state index is 0.00475. The smallest absolute Gasteiger partial charge is 0.234 e. The predicted octanol–water partition coefficient (Wildman–Crippen LogP) is 4.35. The molecule has 2 aliphatic rings. The fourth-order valence-electron chi connectivity index (χ4n) is 4.67. The van der Waals surface area contributed by atoms with Crippen molar-refractivity contribution < 1.29 is 22.7 Å². The molecule has 30 heavy (non-hydrogen) atoms. The van der Waals surface area contributed by atoms with Gasteiger partial charge in [-0.1, -0.05) is 38.8 Å². The molecule has 2 saturated heterocycles. The van der Waals surface area contributed by atoms with Crippen LogP contribution in [0.1, 0.15) is 84.5 Å². The Morgan fingerprint density at radius 1 is 1.03 bits per heavy atom. The Morgan fingerprint density at radius 2 is 1.80 bits per heavy atom. The van der Waals surface area contributed by atoms with E-state index in [1.807, 2.05) is 0 Å². The van der Waals surface area contributed by atoms with Gasteiger partial charge in [-0.25, -0.2) is 8.42 Å². The van der Waals surface area contributed by atoms with E-state index in [0.717, 1.165) is 38.9 Å². The van der Waals surface area contributed by atoms with Crippen LogP contribution in [0.4, 0.5) is 0 Å². The zero-order chi connectivity index (χ0) is 21.8. The Bertz CT molecular complexity index is 634. The first-order valence-electron chi connectivity index (χ1n) is 11.9. The lowest BCUT2D eigenvalue weighted by atomic mass is 9.76. The van der Waals surface area contributed by atoms with E-state index in [0.29, 0.717) is 36.9 Å². The first-order valence-corrected chi connectivity index (χ1v) is 13.5. The number of nitrogens with one attached hydrogen (secondary N) is 1. The third-order valence-corrected chi connectivity index (χ3v) is 7.65. The molecule has 0 unspecified atom stereocenters. The number of ether oxygens (including phenoxy) is 2. The fourth-order valence-corrected chi connectivity index (χ4v) is 5.76. The summed E-state index contributed by atoms with van der Waals surface area (Å²) in [5.74, 6) is 0.753. The van der Waals surface area contributed by atoms with Gasteiger partial charge in [-0.3, -0.25) is 9.52 Å². The molecular formula is C23H41NO5S. The second-order valence-electron chi connectivity index (χ2n) is 8.67. The van der Waals surface area contributed by atoms with Crippen LogP contribution < -0.4 is 4.72 Å². The molecule has 2 bridgehead atoms. The van der Waals surface area contributed by atoms with Crippen LogP contribution >= 0.6 is 0 Å². The Morgan fingerprint density at radius 3 is 2.53 bits per heavy atom. The molecule has 2 rings (SSSR count). The highest BCUT2D eigenvalue weighted by molar-refractivity contribution is 7.90. The van der Waals surface area contributed by atoms with Gasteiger partial charge in [0.15, 0.2) is 0 Å². The number of hydrogen-bond donors (Lipinski definition) is 1. The van der Waals surface area contributed by atoms with Gasteiger partial charge in [0.05, 0.1) is 18.0 Å². The summed E-state index contributed by atoms with van der Waals surface area (Å²) in [7, 11) is -3.46. The monoisotopic (exact) mass is 443 g/mol. The number of carbonyl (C=O) groups excluding carboxylic acids is 1. The average molecular weight is 444 g/mol. The summed E-state index contributed by atoms with van der Waals surface area (Å²) in [6.07, 6.45) is 15.4. The van der Waals surface area contributed by atoms with Gasteiger partial charge in [0.2, 0.25) is 15.9 Å². The van der Waals surface area contributed by atoms with Crippen molar-refractivity contribution in [2.75, 3.05) is 19.0 Å². The van der Waals surface area contributed by atoms with Crippen LogP contribution in [0.25, 0.3) is 0 Å². The highest BCUT2D eigenvalue weighted by Crippen LogP contribution is 2.46. The molecule has 2 aliphatic heterocycles. The zero-order valence-corrected chi connectivity index (χ0v) is 19.6. The zero-order valence-electron chi connectivity index (χ0n) is 18.8. The van der Waals surface area contributed by atoms with E-state index in [2.05, 4.69) is 23.8 Å². The summed E-state index contributed by atoms with van der Waals surface area (Å²) in [4.78, 5) is 11.7. The van der Waals surface area contributed by atoms with Crippen LogP contribution in [0.5, 0.6) is 0 Å². The van der Waals surface area contributed by atoms with Gasteiger partial charge < -0.3 is 9.47 Å². The molecule has 0 aromatic heterocycles. The second-order valence-corrected chi connectivity index (χ2v) is 10.5. The summed E-state index contributed by atoms with van der Waals surface area (Å²) < 4.78 is 37.3. The van der Waals surface area contributed by atoms with Crippen LogP contribution in [0.3, 0.4) is 0 Å². The number of rotatable bonds is 16. The van der Waals surface area contributed by atoms with E-state index in [1.54, 1.807) is 6.92 Å². The molecule has 0 radical (unpaired) electrons. The molecule has 0 spiro atoms. The van der Waals surface area contributed by atoms with E-state index in [-0.39, 0.29) is 12.2 Å². The number of fused-ring (bicyclic) bond motifs is 2. The van der Waals surface area contributed by atoms with Crippen LogP contribution in [0.2, 0.25) is 0 Å². The van der Waals surface area contributed by atoms with Crippen LogP contribution in [-0.4, -0.2) is 45.5 Å². The lowest BCUT2D eigenvalue weighted by Crippen LogP contribution is -2.32. The number of sulfonamides is 1. The molecule has 174 valence electrons. The van der Waals surface area contributed by atoms with E-state index in [9.17, 15) is 13.2 Å². The van der Waals surface area contributed by atoms with Gasteiger partial charge in [0.25, 0.3) is 0 Å². The third kappa shape index (κ3) is 8.67. The SMILES string of the molecule is CCCCCOCC[C@@H]1[C@H](C/C=C\CCCC(=O)NS(=O)(=O)CCC)[C@@H]2CC[C@H]1O2. The molecule has 0 aliphatic carbocycles. The summed E-state index contributed by atoms with van der Waals surface area (Å²) in [5.41, 5.74) is 0. The van der Waals surface area contributed by atoms with Gasteiger partial charge in [0.1, 0.15) is 0 Å². The highest BCUT2D eigenvalue weighted by atomic mass is 32.2. The first kappa shape index (κ1) is 25.3. The van der Waals surface area contributed by atoms with Crippen molar-refractivity contribution in [3.8, 4) is 0 Å². The Kier molecular flexibility index (Phi) is 11.4. The molecule has 2 heterocycles. The van der Waals surface area contributed by atoms with Crippen LogP contribution in [0, 0.1) is 11.8 Å². The van der Waals surface area contributed by atoms with Gasteiger partial charge in [-0.2, -0.15) is 0 Å². The van der Waals surface area contributed by atoms with Crippen molar-refractivity contribution in [2.24, 2.45) is 11.8 Å². The first-order chi connectivity index (χ1) is 14.5. The minimum atomic E-state index is -3.46. The lowest BCUT2D eigenvalue weighted by Gasteiger charge is -2.27. The van der Waals surface area contributed by atoms with Gasteiger partial charge in [-0.05, 0) is 63.2 Å². The van der Waals surface area contributed by atoms with Crippen molar-refractivity contribution in [3.05, 3.63) is 12.2 Å². The fraction of sp³-hybridized carbons (Fsp3) is 0.870. The number of allylic oxidation sites excluding steroid dienone is 2. The van der Waals surface area contributed by atoms with Gasteiger partial charge >= 0.3 is 0 Å². The number of amides is 1. The largest absolute Gasteiger partial charge is 0.381 e. The predicted molar refractivity (Wildman–Crippen MR) is 120 cm³/mol. The van der Waals surface area contributed by atoms with Crippen LogP contribution in [0.15, 0.2) is 12.2 Å². The Balaban J connectivity index is 1.63. The minimum Gasteiger partial charge on any atom is -0.381 e. The summed E-state index contributed by atoms with van der Waals surface area (Å²) in [6.45, 7) is 5.68.